The molecule has 1 unspecified atom stereocenters. The third-order valence-electron chi connectivity index (χ3n) is 5.51. The second-order valence-electron chi connectivity index (χ2n) is 7.87. The molecule has 0 amide bonds. The predicted octanol–water partition coefficient (Wildman–Crippen LogP) is -0.384. The number of hydrogen-bond donors (Lipinski definition) is 1. The molecular formula is C16H26BN3O5S. The van der Waals surface area contributed by atoms with Gasteiger partial charge >= 0.3 is 7.12 Å². The van der Waals surface area contributed by atoms with E-state index in [4.69, 9.17) is 14.4 Å². The van der Waals surface area contributed by atoms with Crippen LogP contribution in [-0.2, 0) is 19.1 Å². The Hall–Kier alpha value is -1.07. The molecule has 0 aliphatic carbocycles. The molecule has 0 radical (unpaired) electrons. The molecule has 144 valence electrons. The smallest absolute Gasteiger partial charge is 0.399 e. The average Bonchev–Trinajstić information content (AvgIpc) is 3.11. The Balaban J connectivity index is 1.74. The molecule has 0 saturated carbocycles. The molecule has 0 bridgehead atoms. The molecule has 0 aromatic carbocycles. The van der Waals surface area contributed by atoms with Gasteiger partial charge in [0.25, 0.3) is 0 Å². The maximum atomic E-state index is 12.7. The van der Waals surface area contributed by atoms with Gasteiger partial charge in [0, 0.05) is 30.9 Å². The summed E-state index contributed by atoms with van der Waals surface area (Å²) in [5.41, 5.74) is -0.374. The summed E-state index contributed by atoms with van der Waals surface area (Å²) in [5.74, 6) is 0. The molecule has 1 aromatic rings. The first kappa shape index (κ1) is 19.7. The van der Waals surface area contributed by atoms with E-state index in [2.05, 4.69) is 9.97 Å². The van der Waals surface area contributed by atoms with Crippen LogP contribution in [0.25, 0.3) is 0 Å². The number of aliphatic hydroxyl groups is 1. The van der Waals surface area contributed by atoms with Crippen LogP contribution >= 0.6 is 0 Å². The monoisotopic (exact) mass is 383 g/mol. The third kappa shape index (κ3) is 3.53. The minimum Gasteiger partial charge on any atom is -0.399 e. The quantitative estimate of drug-likeness (QED) is 0.542. The zero-order valence-corrected chi connectivity index (χ0v) is 16.5. The summed E-state index contributed by atoms with van der Waals surface area (Å²) < 4.78 is 37.4. The number of aliphatic hydroxyl groups excluding tert-OH is 1. The van der Waals surface area contributed by atoms with Gasteiger partial charge in [0.2, 0.25) is 15.0 Å². The number of nitrogens with zero attached hydrogens (tertiary/aromatic N) is 3. The predicted molar refractivity (Wildman–Crippen MR) is 96.9 cm³/mol. The highest BCUT2D eigenvalue weighted by Gasteiger charge is 2.52. The minimum atomic E-state index is -3.60. The molecule has 2 aliphatic heterocycles. The second kappa shape index (κ2) is 6.83. The van der Waals surface area contributed by atoms with Gasteiger partial charge in [-0.3, -0.25) is 4.90 Å². The van der Waals surface area contributed by atoms with E-state index >= 15 is 0 Å². The van der Waals surface area contributed by atoms with E-state index in [0.29, 0.717) is 31.5 Å². The topological polar surface area (TPSA) is 102 Å². The largest absolute Gasteiger partial charge is 0.498 e. The second-order valence-corrected chi connectivity index (χ2v) is 9.99. The first-order valence-electron chi connectivity index (χ1n) is 8.81. The van der Waals surface area contributed by atoms with Crippen molar-refractivity contribution in [1.82, 2.24) is 14.9 Å². The van der Waals surface area contributed by atoms with E-state index in [0.717, 1.165) is 0 Å². The summed E-state index contributed by atoms with van der Waals surface area (Å²) in [6.45, 7) is 9.34. The van der Waals surface area contributed by atoms with Gasteiger partial charge in [-0.15, -0.1) is 0 Å². The van der Waals surface area contributed by atoms with E-state index < -0.39 is 33.4 Å². The molecule has 2 saturated heterocycles. The van der Waals surface area contributed by atoms with Crippen molar-refractivity contribution < 1.29 is 22.8 Å². The van der Waals surface area contributed by atoms with Crippen LogP contribution in [0.5, 0.6) is 0 Å². The van der Waals surface area contributed by atoms with Gasteiger partial charge in [-0.2, -0.15) is 0 Å². The lowest BCUT2D eigenvalue weighted by Crippen LogP contribution is -2.41. The summed E-state index contributed by atoms with van der Waals surface area (Å²) >= 11 is 0. The molecule has 10 heteroatoms. The number of aromatic nitrogens is 2. The summed E-state index contributed by atoms with van der Waals surface area (Å²) in [7, 11) is -4.23. The van der Waals surface area contributed by atoms with Crippen LogP contribution in [0.15, 0.2) is 17.6 Å². The van der Waals surface area contributed by atoms with Crippen molar-refractivity contribution in [2.75, 3.05) is 26.2 Å². The SMILES string of the molecule is CC1(C)OB(c2cnc(S(=O)(=O)C3CCN(CCO)C3)nc2)OC1(C)C. The average molecular weight is 383 g/mol. The van der Waals surface area contributed by atoms with Crippen LogP contribution in [-0.4, -0.2) is 78.2 Å². The molecule has 2 fully saturated rings. The first-order valence-corrected chi connectivity index (χ1v) is 10.4. The van der Waals surface area contributed by atoms with E-state index in [-0.39, 0.29) is 11.8 Å². The van der Waals surface area contributed by atoms with Crippen molar-refractivity contribution in [3.8, 4) is 0 Å². The Morgan fingerprint density at radius 1 is 1.23 bits per heavy atom. The van der Waals surface area contributed by atoms with Gasteiger partial charge in [0.05, 0.1) is 23.1 Å². The highest BCUT2D eigenvalue weighted by molar-refractivity contribution is 7.91. The zero-order valence-electron chi connectivity index (χ0n) is 15.7. The fourth-order valence-corrected chi connectivity index (χ4v) is 4.64. The maximum Gasteiger partial charge on any atom is 0.498 e. The van der Waals surface area contributed by atoms with Gasteiger partial charge in [-0.05, 0) is 40.7 Å². The van der Waals surface area contributed by atoms with Gasteiger partial charge in [0.15, 0.2) is 0 Å². The summed E-state index contributed by atoms with van der Waals surface area (Å²) in [5, 5.41) is 8.28. The molecule has 3 rings (SSSR count). The van der Waals surface area contributed by atoms with Crippen molar-refractivity contribution in [3.63, 3.8) is 0 Å². The third-order valence-corrected chi connectivity index (χ3v) is 7.49. The fraction of sp³-hybridized carbons (Fsp3) is 0.750. The van der Waals surface area contributed by atoms with Gasteiger partial charge < -0.3 is 14.4 Å². The Kier molecular flexibility index (Phi) is 5.17. The van der Waals surface area contributed by atoms with Crippen molar-refractivity contribution in [2.24, 2.45) is 0 Å². The number of likely N-dealkylation sites (tertiary alicyclic amines) is 1. The Labute approximate surface area is 155 Å². The number of rotatable bonds is 5. The summed E-state index contributed by atoms with van der Waals surface area (Å²) in [4.78, 5) is 10.1. The Morgan fingerprint density at radius 2 is 1.81 bits per heavy atom. The van der Waals surface area contributed by atoms with E-state index in [1.165, 1.54) is 12.4 Å². The van der Waals surface area contributed by atoms with E-state index in [1.807, 2.05) is 32.6 Å². The Bertz CT molecular complexity index is 738. The molecular weight excluding hydrogens is 357 g/mol. The number of hydrogen-bond acceptors (Lipinski definition) is 8. The number of sulfone groups is 1. The van der Waals surface area contributed by atoms with E-state index in [1.54, 1.807) is 0 Å². The lowest BCUT2D eigenvalue weighted by atomic mass is 9.81. The highest BCUT2D eigenvalue weighted by atomic mass is 32.2. The molecule has 0 spiro atoms. The van der Waals surface area contributed by atoms with Crippen molar-refractivity contribution in [2.45, 2.75) is 55.7 Å². The van der Waals surface area contributed by atoms with Crippen molar-refractivity contribution >= 4 is 22.4 Å². The molecule has 8 nitrogen and oxygen atoms in total. The molecule has 1 N–H and O–H groups in total. The van der Waals surface area contributed by atoms with Gasteiger partial charge in [-0.25, -0.2) is 18.4 Å². The van der Waals surface area contributed by atoms with Crippen LogP contribution in [0, 0.1) is 0 Å². The molecule has 1 atom stereocenters. The maximum absolute atomic E-state index is 12.7. The van der Waals surface area contributed by atoms with Crippen molar-refractivity contribution in [3.05, 3.63) is 12.4 Å². The van der Waals surface area contributed by atoms with E-state index in [9.17, 15) is 8.42 Å². The van der Waals surface area contributed by atoms with Gasteiger partial charge in [0.1, 0.15) is 0 Å². The normalized spacial score (nSPS) is 25.7. The Morgan fingerprint density at radius 3 is 2.35 bits per heavy atom. The fourth-order valence-electron chi connectivity index (χ4n) is 3.12. The van der Waals surface area contributed by atoms with Crippen LogP contribution < -0.4 is 5.46 Å². The lowest BCUT2D eigenvalue weighted by Gasteiger charge is -2.32. The lowest BCUT2D eigenvalue weighted by molar-refractivity contribution is 0.00578. The first-order chi connectivity index (χ1) is 12.1. The molecule has 2 aliphatic rings. The van der Waals surface area contributed by atoms with Crippen LogP contribution in [0.2, 0.25) is 0 Å². The number of β-amino-alcohol motifs (C(OH)–C–C–N with tert-alkyl or cyclic N) is 1. The molecule has 26 heavy (non-hydrogen) atoms. The van der Waals surface area contributed by atoms with Crippen LogP contribution in [0.3, 0.4) is 0 Å². The highest BCUT2D eigenvalue weighted by Crippen LogP contribution is 2.36. The van der Waals surface area contributed by atoms with Gasteiger partial charge in [-0.1, -0.05) is 0 Å². The minimum absolute atomic E-state index is 0.0199. The summed E-state index contributed by atoms with van der Waals surface area (Å²) in [6.07, 6.45) is 3.44. The zero-order chi connectivity index (χ0) is 19.2. The standard InChI is InChI=1S/C16H26BN3O5S/c1-15(2)16(3,4)25-17(24-15)12-9-18-14(19-10-12)26(22,23)13-5-6-20(11-13)7-8-21/h9-10,13,21H,5-8,11H2,1-4H3. The van der Waals surface area contributed by atoms with Crippen LogP contribution in [0.1, 0.15) is 34.1 Å². The summed E-state index contributed by atoms with van der Waals surface area (Å²) in [6, 6.07) is 0. The van der Waals surface area contributed by atoms with Crippen molar-refractivity contribution in [1.29, 1.82) is 0 Å². The van der Waals surface area contributed by atoms with Crippen LogP contribution in [0.4, 0.5) is 0 Å². The molecule has 3 heterocycles. The molecule has 1 aromatic heterocycles.